The summed E-state index contributed by atoms with van der Waals surface area (Å²) in [4.78, 5) is 0. The number of hydrogen-bond donors (Lipinski definition) is 1. The van der Waals surface area contributed by atoms with Crippen LogP contribution in [-0.4, -0.2) is 11.8 Å². The molecule has 0 heterocycles. The fourth-order valence-corrected chi connectivity index (χ4v) is 1.73. The van der Waals surface area contributed by atoms with Crippen molar-refractivity contribution in [1.82, 2.24) is 0 Å². The Kier molecular flexibility index (Phi) is 4.35. The van der Waals surface area contributed by atoms with E-state index in [-0.39, 0.29) is 0 Å². The summed E-state index contributed by atoms with van der Waals surface area (Å²) < 4.78 is 25.3. The summed E-state index contributed by atoms with van der Waals surface area (Å²) in [5, 5.41) is 0.336. The zero-order valence-corrected chi connectivity index (χ0v) is 8.78. The fraction of sp³-hybridized carbons (Fsp3) is 0.400. The van der Waals surface area contributed by atoms with E-state index in [4.69, 9.17) is 5.73 Å². The summed E-state index contributed by atoms with van der Waals surface area (Å²) in [6, 6.07) is 3.97. The van der Waals surface area contributed by atoms with Gasteiger partial charge < -0.3 is 5.73 Å². The van der Waals surface area contributed by atoms with Crippen molar-refractivity contribution in [2.45, 2.75) is 17.9 Å². The first-order chi connectivity index (χ1) is 6.63. The van der Waals surface area contributed by atoms with E-state index in [1.54, 1.807) is 17.8 Å². The SMILES string of the molecule is CC(CN)SCc1ccc(F)c(F)c1. The van der Waals surface area contributed by atoms with Crippen LogP contribution in [0.1, 0.15) is 12.5 Å². The van der Waals surface area contributed by atoms with Crippen LogP contribution in [0.3, 0.4) is 0 Å². The van der Waals surface area contributed by atoms with Crippen molar-refractivity contribution in [2.24, 2.45) is 5.73 Å². The third-order valence-electron chi connectivity index (χ3n) is 1.85. The van der Waals surface area contributed by atoms with E-state index in [1.807, 2.05) is 6.92 Å². The molecule has 0 saturated carbocycles. The Morgan fingerprint density at radius 3 is 2.64 bits per heavy atom. The number of benzene rings is 1. The van der Waals surface area contributed by atoms with Crippen molar-refractivity contribution in [1.29, 1.82) is 0 Å². The maximum atomic E-state index is 12.8. The first kappa shape index (κ1) is 11.5. The molecule has 0 aromatic heterocycles. The Morgan fingerprint density at radius 2 is 2.07 bits per heavy atom. The van der Waals surface area contributed by atoms with Gasteiger partial charge in [0.15, 0.2) is 11.6 Å². The molecule has 2 N–H and O–H groups in total. The highest BCUT2D eigenvalue weighted by atomic mass is 32.2. The summed E-state index contributed by atoms with van der Waals surface area (Å²) in [6.07, 6.45) is 0. The minimum atomic E-state index is -0.800. The van der Waals surface area contributed by atoms with E-state index < -0.39 is 11.6 Å². The number of nitrogens with two attached hydrogens (primary N) is 1. The molecule has 1 atom stereocenters. The molecule has 1 nitrogen and oxygen atoms in total. The molecule has 14 heavy (non-hydrogen) atoms. The predicted molar refractivity (Wildman–Crippen MR) is 56.2 cm³/mol. The van der Waals surface area contributed by atoms with Crippen LogP contribution in [0.5, 0.6) is 0 Å². The number of halogens is 2. The van der Waals surface area contributed by atoms with Crippen LogP contribution in [0.25, 0.3) is 0 Å². The molecule has 0 saturated heterocycles. The van der Waals surface area contributed by atoms with Gasteiger partial charge in [0.1, 0.15) is 0 Å². The zero-order valence-electron chi connectivity index (χ0n) is 7.97. The lowest BCUT2D eigenvalue weighted by Gasteiger charge is -2.07. The van der Waals surface area contributed by atoms with E-state index in [0.717, 1.165) is 11.6 Å². The van der Waals surface area contributed by atoms with E-state index >= 15 is 0 Å². The molecule has 0 aliphatic rings. The van der Waals surface area contributed by atoms with Crippen LogP contribution in [0.2, 0.25) is 0 Å². The van der Waals surface area contributed by atoms with Gasteiger partial charge in [-0.1, -0.05) is 13.0 Å². The Balaban J connectivity index is 2.55. The summed E-state index contributed by atoms with van der Waals surface area (Å²) in [5.74, 6) is -0.927. The predicted octanol–water partition coefficient (Wildman–Crippen LogP) is 2.55. The average Bonchev–Trinajstić information content (AvgIpc) is 2.19. The van der Waals surface area contributed by atoms with Crippen molar-refractivity contribution in [3.05, 3.63) is 35.4 Å². The normalized spacial score (nSPS) is 12.9. The average molecular weight is 217 g/mol. The van der Waals surface area contributed by atoms with Gasteiger partial charge in [-0.2, -0.15) is 11.8 Å². The van der Waals surface area contributed by atoms with Crippen molar-refractivity contribution in [3.8, 4) is 0 Å². The number of thioether (sulfide) groups is 1. The highest BCUT2D eigenvalue weighted by Gasteiger charge is 2.04. The summed E-state index contributed by atoms with van der Waals surface area (Å²) in [6.45, 7) is 2.60. The van der Waals surface area contributed by atoms with Gasteiger partial charge in [-0.25, -0.2) is 8.78 Å². The van der Waals surface area contributed by atoms with Gasteiger partial charge in [-0.15, -0.1) is 0 Å². The topological polar surface area (TPSA) is 26.0 Å². The second kappa shape index (κ2) is 5.32. The minimum absolute atomic E-state index is 0.336. The second-order valence-corrected chi connectivity index (χ2v) is 4.53. The quantitative estimate of drug-likeness (QED) is 0.838. The van der Waals surface area contributed by atoms with E-state index in [0.29, 0.717) is 17.5 Å². The summed E-state index contributed by atoms with van der Waals surface area (Å²) in [5.41, 5.74) is 6.22. The first-order valence-electron chi connectivity index (χ1n) is 4.39. The molecule has 0 aliphatic heterocycles. The summed E-state index contributed by atoms with van der Waals surface area (Å²) >= 11 is 1.63. The zero-order chi connectivity index (χ0) is 10.6. The molecule has 0 radical (unpaired) electrons. The lowest BCUT2D eigenvalue weighted by molar-refractivity contribution is 0.507. The number of hydrogen-bond acceptors (Lipinski definition) is 2. The molecule has 0 fully saturated rings. The molecule has 0 spiro atoms. The molecule has 1 aromatic carbocycles. The van der Waals surface area contributed by atoms with Crippen LogP contribution in [0.15, 0.2) is 18.2 Å². The molecule has 1 rings (SSSR count). The maximum Gasteiger partial charge on any atom is 0.159 e. The monoisotopic (exact) mass is 217 g/mol. The van der Waals surface area contributed by atoms with Gasteiger partial charge in [0.25, 0.3) is 0 Å². The summed E-state index contributed by atoms with van der Waals surface area (Å²) in [7, 11) is 0. The van der Waals surface area contributed by atoms with Crippen LogP contribution < -0.4 is 5.73 Å². The van der Waals surface area contributed by atoms with Gasteiger partial charge in [0.2, 0.25) is 0 Å². The van der Waals surface area contributed by atoms with Gasteiger partial charge in [0, 0.05) is 17.5 Å². The molecule has 4 heteroatoms. The third kappa shape index (κ3) is 3.27. The Morgan fingerprint density at radius 1 is 1.36 bits per heavy atom. The van der Waals surface area contributed by atoms with Crippen molar-refractivity contribution in [3.63, 3.8) is 0 Å². The van der Waals surface area contributed by atoms with Gasteiger partial charge in [-0.3, -0.25) is 0 Å². The van der Waals surface area contributed by atoms with Gasteiger partial charge in [-0.05, 0) is 17.7 Å². The van der Waals surface area contributed by atoms with Gasteiger partial charge in [0.05, 0.1) is 0 Å². The lowest BCUT2D eigenvalue weighted by atomic mass is 10.2. The minimum Gasteiger partial charge on any atom is -0.329 e. The lowest BCUT2D eigenvalue weighted by Crippen LogP contribution is -2.12. The molecule has 0 amide bonds. The molecular formula is C10H13F2NS. The Hall–Kier alpha value is -0.610. The highest BCUT2D eigenvalue weighted by molar-refractivity contribution is 7.99. The van der Waals surface area contributed by atoms with Crippen LogP contribution >= 0.6 is 11.8 Å². The first-order valence-corrected chi connectivity index (χ1v) is 5.44. The van der Waals surface area contributed by atoms with Crippen LogP contribution in [-0.2, 0) is 5.75 Å². The Labute approximate surface area is 86.7 Å². The Bertz CT molecular complexity index is 304. The van der Waals surface area contributed by atoms with E-state index in [1.165, 1.54) is 6.07 Å². The molecular weight excluding hydrogens is 204 g/mol. The van der Waals surface area contributed by atoms with Gasteiger partial charge >= 0.3 is 0 Å². The molecule has 1 aromatic rings. The van der Waals surface area contributed by atoms with Crippen LogP contribution in [0.4, 0.5) is 8.78 Å². The van der Waals surface area contributed by atoms with Crippen molar-refractivity contribution >= 4 is 11.8 Å². The van der Waals surface area contributed by atoms with Crippen LogP contribution in [0, 0.1) is 11.6 Å². The van der Waals surface area contributed by atoms with E-state index in [2.05, 4.69) is 0 Å². The molecule has 0 bridgehead atoms. The maximum absolute atomic E-state index is 12.8. The standard InChI is InChI=1S/C10H13F2NS/c1-7(5-13)14-6-8-2-3-9(11)10(12)4-8/h2-4,7H,5-6,13H2,1H3. The third-order valence-corrected chi connectivity index (χ3v) is 3.11. The molecule has 0 aliphatic carbocycles. The fourth-order valence-electron chi connectivity index (χ4n) is 0.936. The van der Waals surface area contributed by atoms with Crippen molar-refractivity contribution < 1.29 is 8.78 Å². The molecule has 78 valence electrons. The largest absolute Gasteiger partial charge is 0.329 e. The second-order valence-electron chi connectivity index (χ2n) is 3.11. The number of rotatable bonds is 4. The van der Waals surface area contributed by atoms with Crippen molar-refractivity contribution in [2.75, 3.05) is 6.54 Å². The van der Waals surface area contributed by atoms with E-state index in [9.17, 15) is 8.78 Å². The molecule has 1 unspecified atom stereocenters. The highest BCUT2D eigenvalue weighted by Crippen LogP contribution is 2.18. The smallest absolute Gasteiger partial charge is 0.159 e.